The van der Waals surface area contributed by atoms with Crippen molar-refractivity contribution in [1.29, 1.82) is 0 Å². The van der Waals surface area contributed by atoms with Gasteiger partial charge in [-0.25, -0.2) is 13.8 Å². The first-order valence-electron chi connectivity index (χ1n) is 7.44. The van der Waals surface area contributed by atoms with Crippen LogP contribution in [-0.2, 0) is 6.54 Å². The lowest BCUT2D eigenvalue weighted by Gasteiger charge is -2.17. The van der Waals surface area contributed by atoms with Crippen LogP contribution in [-0.4, -0.2) is 41.1 Å². The minimum atomic E-state index is -0.815. The Labute approximate surface area is 133 Å². The van der Waals surface area contributed by atoms with Crippen LogP contribution in [0, 0.1) is 11.6 Å². The summed E-state index contributed by atoms with van der Waals surface area (Å²) in [6, 6.07) is 5.94. The number of benzene rings is 1. The highest BCUT2D eigenvalue weighted by atomic mass is 19.2. The first kappa shape index (κ1) is 15.6. The molecular formula is C16H18F2N4O. The molecule has 0 bridgehead atoms. The second-order valence-electron chi connectivity index (χ2n) is 5.54. The molecule has 1 fully saturated rings. The standard InChI is InChI=1S/C16H18F2N4O/c1-23-15-4-6-19-16(21-15)20-12-5-7-22(10-12)9-11-2-3-13(17)14(18)8-11/h2-4,6,8,12H,5,7,9-10H2,1H3,(H,19,20,21). The Morgan fingerprint density at radius 3 is 2.96 bits per heavy atom. The topological polar surface area (TPSA) is 50.3 Å². The molecule has 1 saturated heterocycles. The van der Waals surface area contributed by atoms with Crippen LogP contribution >= 0.6 is 0 Å². The van der Waals surface area contributed by atoms with Gasteiger partial charge in [0.05, 0.1) is 7.11 Å². The normalized spacial score (nSPS) is 18.1. The number of halogens is 2. The zero-order valence-corrected chi connectivity index (χ0v) is 12.8. The number of methoxy groups -OCH3 is 1. The number of rotatable bonds is 5. The van der Waals surface area contributed by atoms with Crippen molar-refractivity contribution < 1.29 is 13.5 Å². The Bertz CT molecular complexity index is 683. The second kappa shape index (κ2) is 6.87. The fourth-order valence-electron chi connectivity index (χ4n) is 2.70. The molecule has 1 atom stereocenters. The molecule has 122 valence electrons. The van der Waals surface area contributed by atoms with Gasteiger partial charge in [0.2, 0.25) is 11.8 Å². The summed E-state index contributed by atoms with van der Waals surface area (Å²) in [6.45, 7) is 2.26. The van der Waals surface area contributed by atoms with Gasteiger partial charge in [-0.15, -0.1) is 0 Å². The molecule has 3 rings (SSSR count). The molecule has 2 heterocycles. The summed E-state index contributed by atoms with van der Waals surface area (Å²) in [5, 5.41) is 3.27. The van der Waals surface area contributed by atoms with E-state index in [-0.39, 0.29) is 6.04 Å². The van der Waals surface area contributed by atoms with Gasteiger partial charge in [-0.2, -0.15) is 4.98 Å². The summed E-state index contributed by atoms with van der Waals surface area (Å²) < 4.78 is 31.3. The number of nitrogens with one attached hydrogen (secondary N) is 1. The Balaban J connectivity index is 1.56. The van der Waals surface area contributed by atoms with E-state index in [0.29, 0.717) is 18.4 Å². The molecule has 2 aromatic rings. The number of likely N-dealkylation sites (tertiary alicyclic amines) is 1. The predicted molar refractivity (Wildman–Crippen MR) is 82.2 cm³/mol. The molecule has 1 aliphatic heterocycles. The third-order valence-corrected chi connectivity index (χ3v) is 3.83. The molecule has 1 aliphatic rings. The predicted octanol–water partition coefficient (Wildman–Crippen LogP) is 2.45. The third kappa shape index (κ3) is 3.92. The van der Waals surface area contributed by atoms with Crippen molar-refractivity contribution in [3.05, 3.63) is 47.7 Å². The van der Waals surface area contributed by atoms with Crippen molar-refractivity contribution in [3.8, 4) is 5.88 Å². The zero-order chi connectivity index (χ0) is 16.2. The molecule has 0 aliphatic carbocycles. The van der Waals surface area contributed by atoms with Crippen LogP contribution in [0.15, 0.2) is 30.5 Å². The number of aromatic nitrogens is 2. The third-order valence-electron chi connectivity index (χ3n) is 3.83. The van der Waals surface area contributed by atoms with Gasteiger partial charge < -0.3 is 10.1 Å². The lowest BCUT2D eigenvalue weighted by molar-refractivity contribution is 0.327. The van der Waals surface area contributed by atoms with Gasteiger partial charge >= 0.3 is 0 Å². The van der Waals surface area contributed by atoms with Crippen molar-refractivity contribution in [2.45, 2.75) is 19.0 Å². The highest BCUT2D eigenvalue weighted by Gasteiger charge is 2.23. The summed E-state index contributed by atoms with van der Waals surface area (Å²) in [7, 11) is 1.56. The van der Waals surface area contributed by atoms with Gasteiger partial charge in [-0.05, 0) is 24.1 Å². The minimum Gasteiger partial charge on any atom is -0.481 e. The van der Waals surface area contributed by atoms with Crippen LogP contribution in [0.1, 0.15) is 12.0 Å². The number of anilines is 1. The van der Waals surface area contributed by atoms with E-state index in [0.717, 1.165) is 25.1 Å². The van der Waals surface area contributed by atoms with E-state index in [2.05, 4.69) is 20.2 Å². The van der Waals surface area contributed by atoms with Crippen LogP contribution in [0.3, 0.4) is 0 Å². The molecule has 1 aromatic carbocycles. The van der Waals surface area contributed by atoms with E-state index < -0.39 is 11.6 Å². The first-order valence-corrected chi connectivity index (χ1v) is 7.44. The number of hydrogen-bond acceptors (Lipinski definition) is 5. The van der Waals surface area contributed by atoms with E-state index in [4.69, 9.17) is 4.74 Å². The zero-order valence-electron chi connectivity index (χ0n) is 12.8. The highest BCUT2D eigenvalue weighted by Crippen LogP contribution is 2.18. The fourth-order valence-corrected chi connectivity index (χ4v) is 2.70. The molecule has 1 unspecified atom stereocenters. The van der Waals surface area contributed by atoms with Crippen molar-refractivity contribution in [2.75, 3.05) is 25.5 Å². The molecule has 7 heteroatoms. The number of ether oxygens (including phenoxy) is 1. The second-order valence-corrected chi connectivity index (χ2v) is 5.54. The summed E-state index contributed by atoms with van der Waals surface area (Å²) in [4.78, 5) is 10.6. The summed E-state index contributed by atoms with van der Waals surface area (Å²) >= 11 is 0. The van der Waals surface area contributed by atoms with Gasteiger partial charge in [0.1, 0.15) is 0 Å². The van der Waals surface area contributed by atoms with Crippen LogP contribution in [0.4, 0.5) is 14.7 Å². The summed E-state index contributed by atoms with van der Waals surface area (Å²) in [5.74, 6) is -0.575. The van der Waals surface area contributed by atoms with Gasteiger partial charge in [-0.1, -0.05) is 6.07 Å². The lowest BCUT2D eigenvalue weighted by atomic mass is 10.2. The van der Waals surface area contributed by atoms with E-state index in [9.17, 15) is 8.78 Å². The number of nitrogens with zero attached hydrogens (tertiary/aromatic N) is 3. The largest absolute Gasteiger partial charge is 0.481 e. The summed E-state index contributed by atoms with van der Waals surface area (Å²) in [5.41, 5.74) is 0.766. The van der Waals surface area contributed by atoms with E-state index in [1.807, 2.05) is 0 Å². The van der Waals surface area contributed by atoms with Crippen molar-refractivity contribution in [2.24, 2.45) is 0 Å². The Hall–Kier alpha value is -2.28. The van der Waals surface area contributed by atoms with E-state index in [1.165, 1.54) is 12.1 Å². The van der Waals surface area contributed by atoms with Gasteiger partial charge in [0.15, 0.2) is 11.6 Å². The SMILES string of the molecule is COc1ccnc(NC2CCN(Cc3ccc(F)c(F)c3)C2)n1. The van der Waals surface area contributed by atoms with Crippen LogP contribution in [0.5, 0.6) is 5.88 Å². The Morgan fingerprint density at radius 1 is 1.30 bits per heavy atom. The van der Waals surface area contributed by atoms with Crippen molar-refractivity contribution >= 4 is 5.95 Å². The molecule has 0 saturated carbocycles. The quantitative estimate of drug-likeness (QED) is 0.917. The monoisotopic (exact) mass is 320 g/mol. The fraction of sp³-hybridized carbons (Fsp3) is 0.375. The molecule has 23 heavy (non-hydrogen) atoms. The Morgan fingerprint density at radius 2 is 2.17 bits per heavy atom. The van der Waals surface area contributed by atoms with Crippen LogP contribution in [0.2, 0.25) is 0 Å². The van der Waals surface area contributed by atoms with Gasteiger partial charge in [-0.3, -0.25) is 4.90 Å². The van der Waals surface area contributed by atoms with Crippen molar-refractivity contribution in [3.63, 3.8) is 0 Å². The molecule has 0 radical (unpaired) electrons. The van der Waals surface area contributed by atoms with E-state index >= 15 is 0 Å². The Kier molecular flexibility index (Phi) is 4.66. The van der Waals surface area contributed by atoms with Gasteiger partial charge in [0.25, 0.3) is 0 Å². The van der Waals surface area contributed by atoms with Crippen LogP contribution < -0.4 is 10.1 Å². The molecule has 1 N–H and O–H groups in total. The van der Waals surface area contributed by atoms with E-state index in [1.54, 1.807) is 25.4 Å². The maximum atomic E-state index is 13.3. The average molecular weight is 320 g/mol. The average Bonchev–Trinajstić information content (AvgIpc) is 2.98. The molecule has 5 nitrogen and oxygen atoms in total. The molecular weight excluding hydrogens is 302 g/mol. The number of hydrogen-bond donors (Lipinski definition) is 1. The maximum Gasteiger partial charge on any atom is 0.226 e. The summed E-state index contributed by atoms with van der Waals surface area (Å²) in [6.07, 6.45) is 2.58. The highest BCUT2D eigenvalue weighted by molar-refractivity contribution is 5.29. The minimum absolute atomic E-state index is 0.215. The first-order chi connectivity index (χ1) is 11.1. The smallest absolute Gasteiger partial charge is 0.226 e. The molecule has 0 amide bonds. The lowest BCUT2D eigenvalue weighted by Crippen LogP contribution is -2.26. The molecule has 0 spiro atoms. The molecule has 1 aromatic heterocycles. The van der Waals surface area contributed by atoms with Crippen molar-refractivity contribution in [1.82, 2.24) is 14.9 Å². The van der Waals surface area contributed by atoms with Crippen LogP contribution in [0.25, 0.3) is 0 Å². The maximum absolute atomic E-state index is 13.3. The van der Waals surface area contributed by atoms with Gasteiger partial charge in [0, 0.05) is 37.9 Å².